The first-order valence-corrected chi connectivity index (χ1v) is 6.56. The molecule has 3 N–H and O–H groups in total. The van der Waals surface area contributed by atoms with Crippen LogP contribution in [0.3, 0.4) is 0 Å². The molecule has 0 unspecified atom stereocenters. The van der Waals surface area contributed by atoms with E-state index in [2.05, 4.69) is 15.0 Å². The van der Waals surface area contributed by atoms with Crippen LogP contribution in [0.15, 0.2) is 29.6 Å². The number of anilines is 1. The van der Waals surface area contributed by atoms with E-state index in [1.54, 1.807) is 6.07 Å². The normalized spacial score (nSPS) is 11.2. The number of amides is 1. The fourth-order valence-electron chi connectivity index (χ4n) is 1.53. The van der Waals surface area contributed by atoms with Gasteiger partial charge < -0.3 is 15.8 Å². The number of carbonyl (C=O) groups is 1. The van der Waals surface area contributed by atoms with E-state index in [-0.39, 0.29) is 28.7 Å². The van der Waals surface area contributed by atoms with E-state index in [1.165, 1.54) is 23.6 Å². The highest BCUT2D eigenvalue weighted by Crippen LogP contribution is 2.26. The molecule has 1 amide bonds. The topological polar surface area (TPSA) is 77.2 Å². The zero-order valence-corrected chi connectivity index (χ0v) is 11.3. The number of rotatable bonds is 4. The van der Waals surface area contributed by atoms with E-state index in [1.807, 2.05) is 0 Å². The lowest BCUT2D eigenvalue weighted by atomic mass is 10.2. The Balaban J connectivity index is 2.05. The van der Waals surface area contributed by atoms with Crippen molar-refractivity contribution in [2.75, 3.05) is 5.73 Å². The van der Waals surface area contributed by atoms with Crippen LogP contribution in [0.25, 0.3) is 0 Å². The van der Waals surface area contributed by atoms with Crippen LogP contribution in [0.1, 0.15) is 16.1 Å². The first-order valence-electron chi connectivity index (χ1n) is 5.68. The number of hydrogen-bond acceptors (Lipinski definition) is 5. The van der Waals surface area contributed by atoms with E-state index in [4.69, 9.17) is 5.73 Å². The highest BCUT2D eigenvalue weighted by atomic mass is 32.1. The highest BCUT2D eigenvalue weighted by molar-refractivity contribution is 7.13. The summed E-state index contributed by atoms with van der Waals surface area (Å²) in [6.45, 7) is -0.123. The van der Waals surface area contributed by atoms with E-state index in [9.17, 15) is 18.0 Å². The lowest BCUT2D eigenvalue weighted by Crippen LogP contribution is -2.24. The number of aromatic nitrogens is 1. The third-order valence-electron chi connectivity index (χ3n) is 2.39. The van der Waals surface area contributed by atoms with Crippen molar-refractivity contribution < 1.29 is 22.7 Å². The molecule has 0 atom stereocenters. The molecule has 112 valence electrons. The van der Waals surface area contributed by atoms with Crippen molar-refractivity contribution in [1.82, 2.24) is 10.3 Å². The molecule has 2 aromatic rings. The number of nitrogen functional groups attached to an aromatic ring is 1. The van der Waals surface area contributed by atoms with Crippen LogP contribution in [0.5, 0.6) is 5.75 Å². The van der Waals surface area contributed by atoms with Gasteiger partial charge in [-0.15, -0.1) is 24.5 Å². The molecule has 21 heavy (non-hydrogen) atoms. The van der Waals surface area contributed by atoms with Crippen molar-refractivity contribution in [3.63, 3.8) is 0 Å². The summed E-state index contributed by atoms with van der Waals surface area (Å²) >= 11 is 1.10. The van der Waals surface area contributed by atoms with Gasteiger partial charge in [-0.25, -0.2) is 4.98 Å². The van der Waals surface area contributed by atoms with E-state index in [0.717, 1.165) is 11.3 Å². The molecule has 0 aliphatic carbocycles. The molecule has 5 nitrogen and oxygen atoms in total. The molecule has 0 spiro atoms. The second-order valence-electron chi connectivity index (χ2n) is 3.91. The van der Waals surface area contributed by atoms with Crippen LogP contribution in [0, 0.1) is 0 Å². The third-order valence-corrected chi connectivity index (χ3v) is 3.07. The monoisotopic (exact) mass is 317 g/mol. The van der Waals surface area contributed by atoms with Gasteiger partial charge in [0.1, 0.15) is 11.4 Å². The van der Waals surface area contributed by atoms with Gasteiger partial charge in [0, 0.05) is 17.5 Å². The Morgan fingerprint density at radius 2 is 2.10 bits per heavy atom. The van der Waals surface area contributed by atoms with Gasteiger partial charge in [-0.3, -0.25) is 4.79 Å². The van der Waals surface area contributed by atoms with Crippen molar-refractivity contribution in [3.8, 4) is 5.75 Å². The maximum absolute atomic E-state index is 12.3. The molecule has 1 heterocycles. The number of nitrogens with two attached hydrogens (primary N) is 1. The van der Waals surface area contributed by atoms with E-state index < -0.39 is 12.3 Å². The molecule has 0 aliphatic rings. The number of halogens is 3. The number of nitrogens with zero attached hydrogens (tertiary/aromatic N) is 1. The first kappa shape index (κ1) is 15.1. The van der Waals surface area contributed by atoms with Crippen molar-refractivity contribution in [2.45, 2.75) is 12.9 Å². The molecule has 0 aliphatic heterocycles. The third kappa shape index (κ3) is 4.35. The fraction of sp³-hybridized carbons (Fsp3) is 0.167. The van der Waals surface area contributed by atoms with Crippen molar-refractivity contribution in [3.05, 3.63) is 40.9 Å². The highest BCUT2D eigenvalue weighted by Gasteiger charge is 2.32. The molecular formula is C12H10F3N3O2S. The summed E-state index contributed by atoms with van der Waals surface area (Å²) in [4.78, 5) is 15.5. The van der Waals surface area contributed by atoms with Crippen molar-refractivity contribution in [1.29, 1.82) is 0 Å². The minimum Gasteiger partial charge on any atom is -0.405 e. The molecule has 0 saturated heterocycles. The van der Waals surface area contributed by atoms with Crippen LogP contribution in [0.2, 0.25) is 0 Å². The minimum atomic E-state index is -4.79. The Labute approximate surface area is 121 Å². The number of hydrogen-bond donors (Lipinski definition) is 2. The largest absolute Gasteiger partial charge is 0.573 e. The predicted octanol–water partition coefficient (Wildman–Crippen LogP) is 2.55. The summed E-state index contributed by atoms with van der Waals surface area (Å²) in [5.41, 5.74) is 5.72. The Morgan fingerprint density at radius 1 is 1.38 bits per heavy atom. The number of carbonyl (C=O) groups excluding carboxylic acids is 1. The molecule has 9 heteroatoms. The quantitative estimate of drug-likeness (QED) is 0.908. The molecular weight excluding hydrogens is 307 g/mol. The number of nitrogens with one attached hydrogen (secondary N) is 1. The van der Waals surface area contributed by atoms with Gasteiger partial charge in [-0.2, -0.15) is 0 Å². The Bertz CT molecular complexity index is 643. The summed E-state index contributed by atoms with van der Waals surface area (Å²) in [5, 5.41) is 4.16. The zero-order chi connectivity index (χ0) is 15.5. The van der Waals surface area contributed by atoms with Crippen molar-refractivity contribution >= 4 is 22.4 Å². The summed E-state index contributed by atoms with van der Waals surface area (Å²) in [6, 6.07) is 5.56. The second-order valence-corrected chi connectivity index (χ2v) is 4.80. The average molecular weight is 317 g/mol. The Hall–Kier alpha value is -2.29. The SMILES string of the molecule is Nc1nc(C(=O)NCc2ccccc2OC(F)(F)F)cs1. The lowest BCUT2D eigenvalue weighted by molar-refractivity contribution is -0.274. The smallest absolute Gasteiger partial charge is 0.405 e. The minimum absolute atomic E-state index is 0.117. The van der Waals surface area contributed by atoms with Gasteiger partial charge in [-0.05, 0) is 6.07 Å². The molecule has 0 radical (unpaired) electrons. The van der Waals surface area contributed by atoms with Crippen LogP contribution in [0.4, 0.5) is 18.3 Å². The van der Waals surface area contributed by atoms with Gasteiger partial charge >= 0.3 is 6.36 Å². The number of alkyl halides is 3. The fourth-order valence-corrected chi connectivity index (χ4v) is 2.08. The molecule has 2 rings (SSSR count). The molecule has 0 saturated carbocycles. The van der Waals surface area contributed by atoms with E-state index >= 15 is 0 Å². The number of ether oxygens (including phenoxy) is 1. The Kier molecular flexibility index (Phi) is 4.32. The summed E-state index contributed by atoms with van der Waals surface area (Å²) in [7, 11) is 0. The van der Waals surface area contributed by atoms with E-state index in [0.29, 0.717) is 0 Å². The van der Waals surface area contributed by atoms with Gasteiger partial charge in [0.15, 0.2) is 5.13 Å². The zero-order valence-electron chi connectivity index (χ0n) is 10.5. The Morgan fingerprint density at radius 3 is 2.71 bits per heavy atom. The van der Waals surface area contributed by atoms with Gasteiger partial charge in [-0.1, -0.05) is 18.2 Å². The van der Waals surface area contributed by atoms with Crippen molar-refractivity contribution in [2.24, 2.45) is 0 Å². The first-order chi connectivity index (χ1) is 9.85. The van der Waals surface area contributed by atoms with Crippen LogP contribution in [-0.2, 0) is 6.54 Å². The van der Waals surface area contributed by atoms with Gasteiger partial charge in [0.2, 0.25) is 0 Å². The number of para-hydroxylation sites is 1. The maximum atomic E-state index is 12.3. The summed E-state index contributed by atoms with van der Waals surface area (Å²) in [5.74, 6) is -0.882. The van der Waals surface area contributed by atoms with Crippen LogP contribution >= 0.6 is 11.3 Å². The standard InChI is InChI=1S/C12H10F3N3O2S/c13-12(14,15)20-9-4-2-1-3-7(9)5-17-10(19)8-6-21-11(16)18-8/h1-4,6H,5H2,(H2,16,18)(H,17,19). The van der Waals surface area contributed by atoms with Gasteiger partial charge in [0.25, 0.3) is 5.91 Å². The summed E-state index contributed by atoms with van der Waals surface area (Å²) in [6.07, 6.45) is -4.79. The molecule has 1 aromatic carbocycles. The average Bonchev–Trinajstić information content (AvgIpc) is 2.82. The molecule has 0 fully saturated rings. The molecule has 0 bridgehead atoms. The lowest BCUT2D eigenvalue weighted by Gasteiger charge is -2.13. The van der Waals surface area contributed by atoms with Gasteiger partial charge in [0.05, 0.1) is 0 Å². The number of thiazole rings is 1. The second kappa shape index (κ2) is 6.00. The molecule has 1 aromatic heterocycles. The summed E-state index contributed by atoms with van der Waals surface area (Å²) < 4.78 is 40.7. The van der Waals surface area contributed by atoms with Crippen LogP contribution < -0.4 is 15.8 Å². The predicted molar refractivity (Wildman–Crippen MR) is 70.8 cm³/mol. The number of benzene rings is 1. The maximum Gasteiger partial charge on any atom is 0.573 e. The van der Waals surface area contributed by atoms with Crippen LogP contribution in [-0.4, -0.2) is 17.3 Å².